The lowest BCUT2D eigenvalue weighted by Gasteiger charge is -2.21. The zero-order chi connectivity index (χ0) is 20.0. The lowest BCUT2D eigenvalue weighted by atomic mass is 10.1. The monoisotopic (exact) mass is 380 g/mol. The minimum absolute atomic E-state index is 0.0903. The van der Waals surface area contributed by atoms with E-state index < -0.39 is 35.0 Å². The fraction of sp³-hybridized carbons (Fsp3) is 0.263. The molecule has 0 saturated heterocycles. The van der Waals surface area contributed by atoms with Crippen LogP contribution in [0, 0.1) is 17.5 Å². The summed E-state index contributed by atoms with van der Waals surface area (Å²) in [6.45, 7) is 2.77. The predicted octanol–water partition coefficient (Wildman–Crippen LogP) is 3.65. The summed E-state index contributed by atoms with van der Waals surface area (Å²) in [5, 5.41) is 11.2. The van der Waals surface area contributed by atoms with Gasteiger partial charge in [-0.3, -0.25) is 9.69 Å². The number of halogens is 3. The molecule has 0 aliphatic carbocycles. The van der Waals surface area contributed by atoms with Crippen LogP contribution in [0.15, 0.2) is 36.4 Å². The maximum absolute atomic E-state index is 13.7. The second-order valence-corrected chi connectivity index (χ2v) is 5.98. The molecular formula is C19H19F3N2O3. The van der Waals surface area contributed by atoms with Gasteiger partial charge in [-0.25, -0.2) is 18.0 Å². The molecule has 2 N–H and O–H groups in total. The van der Waals surface area contributed by atoms with Gasteiger partial charge in [0.2, 0.25) is 5.91 Å². The molecule has 2 aromatic rings. The maximum atomic E-state index is 13.7. The number of hydrogen-bond donors (Lipinski definition) is 2. The summed E-state index contributed by atoms with van der Waals surface area (Å²) in [5.41, 5.74) is 0.536. The molecule has 1 amide bonds. The summed E-state index contributed by atoms with van der Waals surface area (Å²) in [4.78, 5) is 24.8. The number of anilines is 1. The third-order valence-electron chi connectivity index (χ3n) is 3.82. The van der Waals surface area contributed by atoms with E-state index >= 15 is 0 Å². The number of aromatic carboxylic acids is 1. The topological polar surface area (TPSA) is 69.6 Å². The fourth-order valence-corrected chi connectivity index (χ4v) is 2.56. The smallest absolute Gasteiger partial charge is 0.335 e. The van der Waals surface area contributed by atoms with Gasteiger partial charge in [0.1, 0.15) is 0 Å². The first kappa shape index (κ1) is 20.4. The average molecular weight is 380 g/mol. The van der Waals surface area contributed by atoms with E-state index in [0.29, 0.717) is 13.1 Å². The van der Waals surface area contributed by atoms with Crippen molar-refractivity contribution in [3.8, 4) is 0 Å². The minimum atomic E-state index is -1.64. The Hall–Kier alpha value is -2.87. The Balaban J connectivity index is 2.03. The number of carboxylic acid groups (broad SMARTS) is 1. The molecule has 0 saturated carbocycles. The predicted molar refractivity (Wildman–Crippen MR) is 93.9 cm³/mol. The molecule has 0 aromatic heterocycles. The van der Waals surface area contributed by atoms with Crippen LogP contribution in [-0.2, 0) is 11.3 Å². The van der Waals surface area contributed by atoms with E-state index in [0.717, 1.165) is 24.1 Å². The molecule has 0 spiro atoms. The van der Waals surface area contributed by atoms with E-state index in [1.807, 2.05) is 6.92 Å². The van der Waals surface area contributed by atoms with Crippen molar-refractivity contribution < 1.29 is 27.9 Å². The van der Waals surface area contributed by atoms with Crippen LogP contribution in [0.3, 0.4) is 0 Å². The van der Waals surface area contributed by atoms with Gasteiger partial charge >= 0.3 is 5.97 Å². The molecule has 0 bridgehead atoms. The van der Waals surface area contributed by atoms with Gasteiger partial charge in [0.25, 0.3) is 0 Å². The van der Waals surface area contributed by atoms with Gasteiger partial charge in [-0.1, -0.05) is 19.1 Å². The largest absolute Gasteiger partial charge is 0.478 e. The highest BCUT2D eigenvalue weighted by molar-refractivity contribution is 5.92. The van der Waals surface area contributed by atoms with Gasteiger partial charge in [0.05, 0.1) is 17.8 Å². The van der Waals surface area contributed by atoms with Crippen molar-refractivity contribution in [3.63, 3.8) is 0 Å². The molecule has 2 rings (SSSR count). The molecule has 27 heavy (non-hydrogen) atoms. The van der Waals surface area contributed by atoms with Crippen molar-refractivity contribution in [3.05, 3.63) is 65.0 Å². The van der Waals surface area contributed by atoms with Crippen molar-refractivity contribution in [1.82, 2.24) is 4.90 Å². The quantitative estimate of drug-likeness (QED) is 0.686. The average Bonchev–Trinajstić information content (AvgIpc) is 2.63. The Kier molecular flexibility index (Phi) is 6.95. The van der Waals surface area contributed by atoms with Crippen molar-refractivity contribution >= 4 is 17.6 Å². The molecule has 0 atom stereocenters. The first-order chi connectivity index (χ1) is 12.8. The Bertz CT molecular complexity index is 826. The molecule has 2 aromatic carbocycles. The Labute approximate surface area is 154 Å². The van der Waals surface area contributed by atoms with Gasteiger partial charge in [0, 0.05) is 6.54 Å². The number of rotatable bonds is 8. The number of nitrogens with one attached hydrogen (secondary N) is 1. The van der Waals surface area contributed by atoms with Gasteiger partial charge in [-0.05, 0) is 42.8 Å². The molecule has 0 radical (unpaired) electrons. The minimum Gasteiger partial charge on any atom is -0.478 e. The number of amides is 1. The molecule has 0 heterocycles. The van der Waals surface area contributed by atoms with E-state index in [4.69, 9.17) is 5.11 Å². The van der Waals surface area contributed by atoms with Crippen LogP contribution < -0.4 is 5.32 Å². The summed E-state index contributed by atoms with van der Waals surface area (Å²) in [7, 11) is 0. The van der Waals surface area contributed by atoms with Crippen LogP contribution in [0.5, 0.6) is 0 Å². The van der Waals surface area contributed by atoms with Crippen molar-refractivity contribution in [1.29, 1.82) is 0 Å². The van der Waals surface area contributed by atoms with E-state index in [1.165, 1.54) is 12.1 Å². The van der Waals surface area contributed by atoms with Crippen LogP contribution in [0.1, 0.15) is 29.3 Å². The molecule has 0 aliphatic rings. The maximum Gasteiger partial charge on any atom is 0.335 e. The van der Waals surface area contributed by atoms with Gasteiger partial charge in [-0.15, -0.1) is 0 Å². The third kappa shape index (κ3) is 5.55. The molecule has 0 aliphatic heterocycles. The lowest BCUT2D eigenvalue weighted by Crippen LogP contribution is -2.33. The molecule has 0 unspecified atom stereocenters. The number of carbonyl (C=O) groups is 2. The van der Waals surface area contributed by atoms with Crippen LogP contribution in [0.25, 0.3) is 0 Å². The molecule has 5 nitrogen and oxygen atoms in total. The number of benzene rings is 2. The van der Waals surface area contributed by atoms with Crippen LogP contribution in [0.2, 0.25) is 0 Å². The van der Waals surface area contributed by atoms with Crippen LogP contribution in [0.4, 0.5) is 18.9 Å². The Morgan fingerprint density at radius 2 is 1.70 bits per heavy atom. The molecular weight excluding hydrogens is 361 g/mol. The normalized spacial score (nSPS) is 10.9. The first-order valence-electron chi connectivity index (χ1n) is 8.29. The number of carbonyl (C=O) groups excluding carboxylic acids is 1. The highest BCUT2D eigenvalue weighted by Crippen LogP contribution is 2.19. The molecule has 8 heteroatoms. The van der Waals surface area contributed by atoms with Gasteiger partial charge < -0.3 is 10.4 Å². The number of hydrogen-bond acceptors (Lipinski definition) is 3. The van der Waals surface area contributed by atoms with E-state index in [-0.39, 0.29) is 12.1 Å². The third-order valence-corrected chi connectivity index (χ3v) is 3.82. The van der Waals surface area contributed by atoms with E-state index in [9.17, 15) is 22.8 Å². The van der Waals surface area contributed by atoms with E-state index in [1.54, 1.807) is 17.0 Å². The summed E-state index contributed by atoms with van der Waals surface area (Å²) in [5.74, 6) is -6.02. The second kappa shape index (κ2) is 9.18. The summed E-state index contributed by atoms with van der Waals surface area (Å²) >= 11 is 0. The number of carboxylic acids is 1. The van der Waals surface area contributed by atoms with Crippen molar-refractivity contribution in [2.24, 2.45) is 0 Å². The summed E-state index contributed by atoms with van der Waals surface area (Å²) in [6, 6.07) is 7.94. The Morgan fingerprint density at radius 1 is 1.04 bits per heavy atom. The SMILES string of the molecule is CCCN(CC(=O)Nc1ccc(F)c(F)c1F)Cc1ccc(C(=O)O)cc1. The zero-order valence-corrected chi connectivity index (χ0v) is 14.6. The van der Waals surface area contributed by atoms with Crippen LogP contribution >= 0.6 is 0 Å². The van der Waals surface area contributed by atoms with Crippen LogP contribution in [-0.4, -0.2) is 35.0 Å². The molecule has 0 fully saturated rings. The standard InChI is InChI=1S/C19H19F3N2O3/c1-2-9-24(10-12-3-5-13(6-4-12)19(26)27)11-16(25)23-15-8-7-14(20)17(21)18(15)22/h3-8H,2,9-11H2,1H3,(H,23,25)(H,26,27). The fourth-order valence-electron chi connectivity index (χ4n) is 2.56. The highest BCUT2D eigenvalue weighted by atomic mass is 19.2. The zero-order valence-electron chi connectivity index (χ0n) is 14.6. The van der Waals surface area contributed by atoms with E-state index in [2.05, 4.69) is 5.32 Å². The highest BCUT2D eigenvalue weighted by Gasteiger charge is 2.17. The van der Waals surface area contributed by atoms with Crippen molar-refractivity contribution in [2.75, 3.05) is 18.4 Å². The molecule has 144 valence electrons. The Morgan fingerprint density at radius 3 is 2.30 bits per heavy atom. The van der Waals surface area contributed by atoms with Gasteiger partial charge in [-0.2, -0.15) is 0 Å². The van der Waals surface area contributed by atoms with Crippen molar-refractivity contribution in [2.45, 2.75) is 19.9 Å². The van der Waals surface area contributed by atoms with Gasteiger partial charge in [0.15, 0.2) is 17.5 Å². The summed E-state index contributed by atoms with van der Waals surface area (Å²) in [6.07, 6.45) is 0.750. The number of nitrogens with zero attached hydrogens (tertiary/aromatic N) is 1. The second-order valence-electron chi connectivity index (χ2n) is 5.98. The summed E-state index contributed by atoms with van der Waals surface area (Å²) < 4.78 is 39.9. The first-order valence-corrected chi connectivity index (χ1v) is 8.29. The lowest BCUT2D eigenvalue weighted by molar-refractivity contribution is -0.117.